The topological polar surface area (TPSA) is 44.8 Å². The van der Waals surface area contributed by atoms with E-state index in [1.165, 1.54) is 12.1 Å². The molecule has 0 aromatic heterocycles. The number of ether oxygens (including phenoxy) is 3. The molecule has 0 saturated heterocycles. The van der Waals surface area contributed by atoms with Crippen LogP contribution in [0.3, 0.4) is 0 Å². The first-order valence-electron chi connectivity index (χ1n) is 8.78. The van der Waals surface area contributed by atoms with Crippen LogP contribution in [0.5, 0.6) is 5.75 Å². The van der Waals surface area contributed by atoms with E-state index < -0.39 is 18.1 Å². The molecule has 4 nitrogen and oxygen atoms in total. The number of hydrogen-bond acceptors (Lipinski definition) is 4. The quantitative estimate of drug-likeness (QED) is 0.419. The van der Waals surface area contributed by atoms with E-state index in [4.69, 9.17) is 25.8 Å². The van der Waals surface area contributed by atoms with Gasteiger partial charge in [0.15, 0.2) is 0 Å². The second kappa shape index (κ2) is 8.53. The highest BCUT2D eigenvalue weighted by Crippen LogP contribution is 2.38. The van der Waals surface area contributed by atoms with Crippen molar-refractivity contribution in [3.63, 3.8) is 0 Å². The molecule has 0 spiro atoms. The number of benzene rings is 3. The standard InChI is InChI=1S/C22H15BrClFO4/c23-16-9-14(11-27-21(26)19-17(24)7-4-8-18(19)25)20-15(10-16)12-28-22(29-20)13-5-2-1-3-6-13/h1-10,22H,11-12H2. The van der Waals surface area contributed by atoms with Crippen LogP contribution in [0.2, 0.25) is 5.02 Å². The molecule has 0 amide bonds. The lowest BCUT2D eigenvalue weighted by Crippen LogP contribution is -2.19. The Morgan fingerprint density at radius 1 is 1.17 bits per heavy atom. The van der Waals surface area contributed by atoms with Crippen LogP contribution in [0, 0.1) is 5.82 Å². The second-order valence-corrected chi connectivity index (χ2v) is 7.72. The molecule has 3 aromatic carbocycles. The summed E-state index contributed by atoms with van der Waals surface area (Å²) in [6.45, 7) is 0.237. The first kappa shape index (κ1) is 19.9. The molecule has 148 valence electrons. The summed E-state index contributed by atoms with van der Waals surface area (Å²) < 4.78 is 32.0. The van der Waals surface area contributed by atoms with Crippen molar-refractivity contribution < 1.29 is 23.4 Å². The molecule has 0 fully saturated rings. The number of halogens is 3. The van der Waals surface area contributed by atoms with Crippen molar-refractivity contribution in [2.75, 3.05) is 0 Å². The molecule has 1 aliphatic rings. The summed E-state index contributed by atoms with van der Waals surface area (Å²) in [6, 6.07) is 17.2. The minimum Gasteiger partial charge on any atom is -0.460 e. The third-order valence-corrected chi connectivity index (χ3v) is 5.19. The van der Waals surface area contributed by atoms with Crippen molar-refractivity contribution >= 4 is 33.5 Å². The summed E-state index contributed by atoms with van der Waals surface area (Å²) in [5, 5.41) is 0.0000581. The predicted molar refractivity (Wildman–Crippen MR) is 109 cm³/mol. The van der Waals surface area contributed by atoms with Crippen LogP contribution in [0.1, 0.15) is 33.3 Å². The largest absolute Gasteiger partial charge is 0.460 e. The molecule has 1 aliphatic heterocycles. The second-order valence-electron chi connectivity index (χ2n) is 6.40. The van der Waals surface area contributed by atoms with E-state index in [9.17, 15) is 9.18 Å². The average molecular weight is 478 g/mol. The summed E-state index contributed by atoms with van der Waals surface area (Å²) in [7, 11) is 0. The molecule has 0 aliphatic carbocycles. The number of fused-ring (bicyclic) bond motifs is 1. The van der Waals surface area contributed by atoms with Crippen molar-refractivity contribution in [1.29, 1.82) is 0 Å². The van der Waals surface area contributed by atoms with Crippen molar-refractivity contribution in [3.8, 4) is 5.75 Å². The zero-order valence-electron chi connectivity index (χ0n) is 15.0. The van der Waals surface area contributed by atoms with Gasteiger partial charge >= 0.3 is 5.97 Å². The van der Waals surface area contributed by atoms with Gasteiger partial charge in [-0.15, -0.1) is 0 Å². The molecule has 4 rings (SSSR count). The maximum absolute atomic E-state index is 14.0. The van der Waals surface area contributed by atoms with Gasteiger partial charge in [-0.25, -0.2) is 9.18 Å². The van der Waals surface area contributed by atoms with Crippen molar-refractivity contribution in [3.05, 3.63) is 98.2 Å². The molecular weight excluding hydrogens is 463 g/mol. The van der Waals surface area contributed by atoms with Gasteiger partial charge in [0, 0.05) is 21.2 Å². The Bertz CT molecular complexity index is 1040. The molecule has 1 unspecified atom stereocenters. The molecule has 1 atom stereocenters. The number of carbonyl (C=O) groups excluding carboxylic acids is 1. The molecule has 29 heavy (non-hydrogen) atoms. The van der Waals surface area contributed by atoms with E-state index >= 15 is 0 Å². The van der Waals surface area contributed by atoms with Crippen LogP contribution in [0.15, 0.2) is 65.1 Å². The summed E-state index contributed by atoms with van der Waals surface area (Å²) in [6.07, 6.45) is -0.569. The van der Waals surface area contributed by atoms with Crippen molar-refractivity contribution in [2.45, 2.75) is 19.5 Å². The van der Waals surface area contributed by atoms with E-state index in [-0.39, 0.29) is 17.2 Å². The van der Waals surface area contributed by atoms with E-state index in [1.807, 2.05) is 36.4 Å². The van der Waals surface area contributed by atoms with Gasteiger partial charge in [0.1, 0.15) is 23.7 Å². The maximum atomic E-state index is 14.0. The third kappa shape index (κ3) is 4.29. The number of esters is 1. The highest BCUT2D eigenvalue weighted by atomic mass is 79.9. The normalized spacial score (nSPS) is 15.3. The maximum Gasteiger partial charge on any atom is 0.343 e. The SMILES string of the molecule is O=C(OCc1cc(Br)cc2c1OC(c1ccccc1)OC2)c1c(F)cccc1Cl. The Hall–Kier alpha value is -2.41. The number of hydrogen-bond donors (Lipinski definition) is 0. The van der Waals surface area contributed by atoms with Gasteiger partial charge in [0.05, 0.1) is 11.6 Å². The van der Waals surface area contributed by atoms with Crippen molar-refractivity contribution in [2.24, 2.45) is 0 Å². The summed E-state index contributed by atoms with van der Waals surface area (Å²) in [5.41, 5.74) is 2.05. The minimum atomic E-state index is -0.839. The Kier molecular flexibility index (Phi) is 5.85. The van der Waals surface area contributed by atoms with Gasteiger partial charge < -0.3 is 14.2 Å². The first-order valence-corrected chi connectivity index (χ1v) is 9.95. The van der Waals surface area contributed by atoms with Gasteiger partial charge in [-0.05, 0) is 24.3 Å². The lowest BCUT2D eigenvalue weighted by Gasteiger charge is -2.28. The van der Waals surface area contributed by atoms with E-state index in [1.54, 1.807) is 6.07 Å². The predicted octanol–water partition coefficient (Wildman–Crippen LogP) is 6.21. The van der Waals surface area contributed by atoms with Gasteiger partial charge in [-0.1, -0.05) is 63.9 Å². The van der Waals surface area contributed by atoms with Crippen LogP contribution in [0.4, 0.5) is 4.39 Å². The Morgan fingerprint density at radius 3 is 2.72 bits per heavy atom. The summed E-state index contributed by atoms with van der Waals surface area (Å²) in [4.78, 5) is 12.4. The van der Waals surface area contributed by atoms with E-state index in [0.29, 0.717) is 17.9 Å². The summed E-state index contributed by atoms with van der Waals surface area (Å²) in [5.74, 6) is -0.984. The van der Waals surface area contributed by atoms with Gasteiger partial charge in [0.25, 0.3) is 0 Å². The first-order chi connectivity index (χ1) is 14.0. The van der Waals surface area contributed by atoms with Crippen LogP contribution >= 0.6 is 27.5 Å². The minimum absolute atomic E-state index is 0.0000581. The Morgan fingerprint density at radius 2 is 1.97 bits per heavy atom. The van der Waals surface area contributed by atoms with Gasteiger partial charge in [0.2, 0.25) is 6.29 Å². The van der Waals surface area contributed by atoms with Crippen LogP contribution < -0.4 is 4.74 Å². The van der Waals surface area contributed by atoms with Crippen molar-refractivity contribution in [1.82, 2.24) is 0 Å². The Labute approximate surface area is 180 Å². The lowest BCUT2D eigenvalue weighted by molar-refractivity contribution is -0.112. The summed E-state index contributed by atoms with van der Waals surface area (Å²) >= 11 is 9.39. The molecular formula is C22H15BrClFO4. The fourth-order valence-corrected chi connectivity index (χ4v) is 3.86. The van der Waals surface area contributed by atoms with Gasteiger partial charge in [-0.3, -0.25) is 0 Å². The Balaban J connectivity index is 1.57. The van der Waals surface area contributed by atoms with Crippen LogP contribution in [0.25, 0.3) is 0 Å². The molecule has 1 heterocycles. The van der Waals surface area contributed by atoms with Crippen LogP contribution in [-0.4, -0.2) is 5.97 Å². The third-order valence-electron chi connectivity index (χ3n) is 4.42. The average Bonchev–Trinajstić information content (AvgIpc) is 2.72. The lowest BCUT2D eigenvalue weighted by atomic mass is 10.1. The number of rotatable bonds is 4. The van der Waals surface area contributed by atoms with E-state index in [2.05, 4.69) is 15.9 Å². The van der Waals surface area contributed by atoms with Crippen LogP contribution in [-0.2, 0) is 22.7 Å². The number of carbonyl (C=O) groups is 1. The highest BCUT2D eigenvalue weighted by molar-refractivity contribution is 9.10. The fraction of sp³-hybridized carbons (Fsp3) is 0.136. The molecule has 0 saturated carbocycles. The molecule has 7 heteroatoms. The molecule has 0 bridgehead atoms. The molecule has 0 N–H and O–H groups in total. The zero-order valence-corrected chi connectivity index (χ0v) is 17.4. The molecule has 0 radical (unpaired) electrons. The smallest absolute Gasteiger partial charge is 0.343 e. The highest BCUT2D eigenvalue weighted by Gasteiger charge is 2.26. The van der Waals surface area contributed by atoms with E-state index in [0.717, 1.165) is 21.7 Å². The van der Waals surface area contributed by atoms with Gasteiger partial charge in [-0.2, -0.15) is 0 Å². The monoisotopic (exact) mass is 476 g/mol. The fourth-order valence-electron chi connectivity index (χ4n) is 3.07. The molecule has 3 aromatic rings. The zero-order chi connectivity index (χ0) is 20.4.